The smallest absolute Gasteiger partial charge is 0.257 e. The lowest BCUT2D eigenvalue weighted by molar-refractivity contribution is 0.102. The van der Waals surface area contributed by atoms with Gasteiger partial charge in [-0.3, -0.25) is 4.79 Å². The van der Waals surface area contributed by atoms with E-state index < -0.39 is 0 Å². The van der Waals surface area contributed by atoms with Crippen molar-refractivity contribution in [1.82, 2.24) is 4.98 Å². The van der Waals surface area contributed by atoms with Crippen LogP contribution in [-0.2, 0) is 0 Å². The van der Waals surface area contributed by atoms with E-state index in [9.17, 15) is 9.18 Å². The van der Waals surface area contributed by atoms with Crippen LogP contribution in [0, 0.1) is 5.82 Å². The van der Waals surface area contributed by atoms with Gasteiger partial charge in [-0.2, -0.15) is 0 Å². The second-order valence-corrected chi connectivity index (χ2v) is 5.48. The summed E-state index contributed by atoms with van der Waals surface area (Å²) >= 11 is 3.20. The second kappa shape index (κ2) is 6.67. The Morgan fingerprint density at radius 1 is 1.33 bits per heavy atom. The van der Waals surface area contributed by atoms with E-state index in [1.165, 1.54) is 24.4 Å². The van der Waals surface area contributed by atoms with Crippen molar-refractivity contribution < 1.29 is 13.9 Å². The number of aromatic nitrogens is 1. The minimum atomic E-state index is -0.378. The number of amides is 1. The second-order valence-electron chi connectivity index (χ2n) is 4.63. The van der Waals surface area contributed by atoms with Crippen LogP contribution >= 0.6 is 15.9 Å². The van der Waals surface area contributed by atoms with Gasteiger partial charge in [-0.25, -0.2) is 9.37 Å². The van der Waals surface area contributed by atoms with Gasteiger partial charge in [-0.1, -0.05) is 0 Å². The van der Waals surface area contributed by atoms with Gasteiger partial charge < -0.3 is 10.1 Å². The molecule has 1 amide bonds. The zero-order valence-electron chi connectivity index (χ0n) is 11.6. The molecule has 0 spiro atoms. The molecule has 1 N–H and O–H groups in total. The quantitative estimate of drug-likeness (QED) is 0.903. The average Bonchev–Trinajstić information content (AvgIpc) is 2.42. The SMILES string of the molecule is CC(C)Oc1ccc(C(=O)Nc2ccc(F)cc2Br)cn1. The van der Waals surface area contributed by atoms with Gasteiger partial charge in [0.15, 0.2) is 0 Å². The van der Waals surface area contributed by atoms with Gasteiger partial charge >= 0.3 is 0 Å². The van der Waals surface area contributed by atoms with E-state index in [-0.39, 0.29) is 17.8 Å². The summed E-state index contributed by atoms with van der Waals surface area (Å²) < 4.78 is 18.9. The van der Waals surface area contributed by atoms with Gasteiger partial charge in [0.2, 0.25) is 5.88 Å². The first-order valence-corrected chi connectivity index (χ1v) is 7.14. The molecule has 0 bridgehead atoms. The maximum absolute atomic E-state index is 13.0. The summed E-state index contributed by atoms with van der Waals surface area (Å²) in [6.45, 7) is 3.79. The van der Waals surface area contributed by atoms with E-state index >= 15 is 0 Å². The monoisotopic (exact) mass is 352 g/mol. The topological polar surface area (TPSA) is 51.2 Å². The van der Waals surface area contributed by atoms with E-state index in [0.29, 0.717) is 21.6 Å². The fraction of sp³-hybridized carbons (Fsp3) is 0.200. The molecule has 0 aliphatic carbocycles. The van der Waals surface area contributed by atoms with E-state index in [1.807, 2.05) is 13.8 Å². The molecule has 0 aliphatic rings. The highest BCUT2D eigenvalue weighted by Gasteiger charge is 2.10. The third-order valence-electron chi connectivity index (χ3n) is 2.53. The van der Waals surface area contributed by atoms with Crippen LogP contribution in [0.25, 0.3) is 0 Å². The van der Waals surface area contributed by atoms with Crippen molar-refractivity contribution in [2.75, 3.05) is 5.32 Å². The Balaban J connectivity index is 2.09. The Hall–Kier alpha value is -1.95. The number of pyridine rings is 1. The summed E-state index contributed by atoms with van der Waals surface area (Å²) in [4.78, 5) is 16.1. The molecule has 1 aromatic carbocycles. The van der Waals surface area contributed by atoms with Crippen LogP contribution in [0.5, 0.6) is 5.88 Å². The number of hydrogen-bond acceptors (Lipinski definition) is 3. The third-order valence-corrected chi connectivity index (χ3v) is 3.19. The number of halogens is 2. The Kier molecular flexibility index (Phi) is 4.90. The van der Waals surface area contributed by atoms with Crippen LogP contribution < -0.4 is 10.1 Å². The van der Waals surface area contributed by atoms with Gasteiger partial charge in [0, 0.05) is 16.7 Å². The summed E-state index contributed by atoms with van der Waals surface area (Å²) in [5, 5.41) is 2.68. The maximum Gasteiger partial charge on any atom is 0.257 e. The maximum atomic E-state index is 13.0. The Morgan fingerprint density at radius 3 is 2.67 bits per heavy atom. The largest absolute Gasteiger partial charge is 0.475 e. The number of hydrogen-bond donors (Lipinski definition) is 1. The number of carbonyl (C=O) groups is 1. The van der Waals surface area contributed by atoms with Crippen molar-refractivity contribution in [2.45, 2.75) is 20.0 Å². The van der Waals surface area contributed by atoms with Crippen LogP contribution in [0.1, 0.15) is 24.2 Å². The molecular weight excluding hydrogens is 339 g/mol. The molecule has 0 saturated heterocycles. The summed E-state index contributed by atoms with van der Waals surface area (Å²) in [5.74, 6) is -0.243. The Bertz CT molecular complexity index is 645. The highest BCUT2D eigenvalue weighted by Crippen LogP contribution is 2.23. The number of anilines is 1. The molecule has 0 atom stereocenters. The first kappa shape index (κ1) is 15.4. The van der Waals surface area contributed by atoms with E-state index in [4.69, 9.17) is 4.74 Å². The zero-order chi connectivity index (χ0) is 15.4. The molecule has 0 saturated carbocycles. The molecule has 1 heterocycles. The third kappa shape index (κ3) is 4.26. The normalized spacial score (nSPS) is 10.5. The summed E-state index contributed by atoms with van der Waals surface area (Å²) in [6, 6.07) is 7.30. The van der Waals surface area contributed by atoms with Crippen LogP contribution in [0.2, 0.25) is 0 Å². The van der Waals surface area contributed by atoms with E-state index in [0.717, 1.165) is 0 Å². The van der Waals surface area contributed by atoms with Crippen molar-refractivity contribution in [1.29, 1.82) is 0 Å². The van der Waals surface area contributed by atoms with Crippen LogP contribution in [0.3, 0.4) is 0 Å². The molecule has 0 radical (unpaired) electrons. The molecule has 0 aliphatic heterocycles. The van der Waals surface area contributed by atoms with E-state index in [2.05, 4.69) is 26.2 Å². The molecule has 110 valence electrons. The molecule has 1 aromatic heterocycles. The molecular formula is C15H14BrFN2O2. The summed E-state index contributed by atoms with van der Waals surface area (Å²) in [5.41, 5.74) is 0.881. The lowest BCUT2D eigenvalue weighted by Crippen LogP contribution is -2.13. The predicted octanol–water partition coefficient (Wildman–Crippen LogP) is 4.02. The molecule has 4 nitrogen and oxygen atoms in total. The van der Waals surface area contributed by atoms with Crippen molar-refractivity contribution in [3.63, 3.8) is 0 Å². The lowest BCUT2D eigenvalue weighted by atomic mass is 10.2. The van der Waals surface area contributed by atoms with Gasteiger partial charge in [0.25, 0.3) is 5.91 Å². The van der Waals surface area contributed by atoms with Crippen LogP contribution in [-0.4, -0.2) is 17.0 Å². The van der Waals surface area contributed by atoms with Gasteiger partial charge in [0.05, 0.1) is 17.4 Å². The molecule has 2 rings (SSSR count). The Morgan fingerprint density at radius 2 is 2.10 bits per heavy atom. The first-order valence-electron chi connectivity index (χ1n) is 6.35. The molecule has 0 unspecified atom stereocenters. The number of ether oxygens (including phenoxy) is 1. The fourth-order valence-corrected chi connectivity index (χ4v) is 2.06. The molecule has 21 heavy (non-hydrogen) atoms. The lowest BCUT2D eigenvalue weighted by Gasteiger charge is -2.10. The van der Waals surface area contributed by atoms with Gasteiger partial charge in [-0.05, 0) is 54.0 Å². The summed E-state index contributed by atoms with van der Waals surface area (Å²) in [6.07, 6.45) is 1.46. The average molecular weight is 353 g/mol. The number of benzene rings is 1. The highest BCUT2D eigenvalue weighted by atomic mass is 79.9. The zero-order valence-corrected chi connectivity index (χ0v) is 13.1. The number of nitrogens with one attached hydrogen (secondary N) is 1. The minimum Gasteiger partial charge on any atom is -0.475 e. The number of carbonyl (C=O) groups excluding carboxylic acids is 1. The fourth-order valence-electron chi connectivity index (χ4n) is 1.61. The summed E-state index contributed by atoms with van der Waals surface area (Å²) in [7, 11) is 0. The number of rotatable bonds is 4. The van der Waals surface area contributed by atoms with Gasteiger partial charge in [0.1, 0.15) is 5.82 Å². The molecule has 2 aromatic rings. The molecule has 6 heteroatoms. The standard InChI is InChI=1S/C15H14BrFN2O2/c1-9(2)21-14-6-3-10(8-18-14)15(20)19-13-5-4-11(17)7-12(13)16/h3-9H,1-2H3,(H,19,20). The Labute approximate surface area is 130 Å². The van der Waals surface area contributed by atoms with Crippen LogP contribution in [0.15, 0.2) is 41.0 Å². The van der Waals surface area contributed by atoms with Gasteiger partial charge in [-0.15, -0.1) is 0 Å². The molecule has 0 fully saturated rings. The first-order chi connectivity index (χ1) is 9.95. The van der Waals surface area contributed by atoms with Crippen molar-refractivity contribution >= 4 is 27.5 Å². The van der Waals surface area contributed by atoms with Crippen LogP contribution in [0.4, 0.5) is 10.1 Å². The van der Waals surface area contributed by atoms with Crippen molar-refractivity contribution in [2.24, 2.45) is 0 Å². The van der Waals surface area contributed by atoms with Crippen molar-refractivity contribution in [3.8, 4) is 5.88 Å². The predicted molar refractivity (Wildman–Crippen MR) is 82.1 cm³/mol. The van der Waals surface area contributed by atoms with E-state index in [1.54, 1.807) is 12.1 Å². The number of nitrogens with zero attached hydrogens (tertiary/aromatic N) is 1. The minimum absolute atomic E-state index is 0.0207. The highest BCUT2D eigenvalue weighted by molar-refractivity contribution is 9.10. The van der Waals surface area contributed by atoms with Crippen molar-refractivity contribution in [3.05, 3.63) is 52.4 Å².